The van der Waals surface area contributed by atoms with Crippen molar-refractivity contribution in [2.75, 3.05) is 0 Å². The Morgan fingerprint density at radius 2 is 0.792 bits per heavy atom. The van der Waals surface area contributed by atoms with E-state index >= 15 is 0 Å². The summed E-state index contributed by atoms with van der Waals surface area (Å²) < 4.78 is 0. The molecule has 1 aromatic heterocycles. The van der Waals surface area contributed by atoms with Gasteiger partial charge >= 0.3 is 0 Å². The summed E-state index contributed by atoms with van der Waals surface area (Å²) in [7, 11) is 0. The summed E-state index contributed by atoms with van der Waals surface area (Å²) in [6, 6.07) is 67.7. The highest BCUT2D eigenvalue weighted by Crippen LogP contribution is 2.57. The molecule has 1 atom stereocenters. The molecule has 0 aliphatic heterocycles. The van der Waals surface area contributed by atoms with Gasteiger partial charge in [-0.3, -0.25) is 0 Å². The summed E-state index contributed by atoms with van der Waals surface area (Å²) in [4.78, 5) is 15.3. The van der Waals surface area contributed by atoms with Crippen molar-refractivity contribution >= 4 is 32.3 Å². The van der Waals surface area contributed by atoms with Crippen LogP contribution in [0.25, 0.3) is 77.6 Å². The van der Waals surface area contributed by atoms with Crippen LogP contribution < -0.4 is 0 Å². The van der Waals surface area contributed by atoms with E-state index in [0.29, 0.717) is 17.5 Å². The van der Waals surface area contributed by atoms with E-state index in [1.165, 1.54) is 65.7 Å². The molecule has 11 rings (SSSR count). The highest BCUT2D eigenvalue weighted by Gasteiger charge is 2.46. The summed E-state index contributed by atoms with van der Waals surface area (Å²) in [5.74, 6) is 1.95. The molecule has 246 valence electrons. The Kier molecular flexibility index (Phi) is 6.47. The van der Waals surface area contributed by atoms with Crippen LogP contribution in [-0.4, -0.2) is 15.0 Å². The van der Waals surface area contributed by atoms with Crippen LogP contribution in [0.5, 0.6) is 0 Å². The minimum atomic E-state index is -0.592. The van der Waals surface area contributed by atoms with Crippen molar-refractivity contribution in [1.82, 2.24) is 15.0 Å². The average molecular weight is 674 g/mol. The summed E-state index contributed by atoms with van der Waals surface area (Å²) >= 11 is 0. The van der Waals surface area contributed by atoms with E-state index < -0.39 is 5.41 Å². The summed E-state index contributed by atoms with van der Waals surface area (Å²) in [5, 5.41) is 7.69. The Balaban J connectivity index is 1.21. The van der Waals surface area contributed by atoms with Crippen molar-refractivity contribution in [2.45, 2.75) is 5.41 Å². The van der Waals surface area contributed by atoms with Gasteiger partial charge in [-0.05, 0) is 83.9 Å². The molecule has 0 N–H and O–H groups in total. The third-order valence-corrected chi connectivity index (χ3v) is 11.1. The molecule has 0 bridgehead atoms. The zero-order chi connectivity index (χ0) is 34.9. The van der Waals surface area contributed by atoms with Crippen LogP contribution in [0.2, 0.25) is 0 Å². The van der Waals surface area contributed by atoms with E-state index in [1.807, 2.05) is 36.4 Å². The first kappa shape index (κ1) is 29.7. The fourth-order valence-corrected chi connectivity index (χ4v) is 8.80. The highest BCUT2D eigenvalue weighted by molar-refractivity contribution is 6.23. The standard InChI is InChI=1S/C50H31N3/c1-4-13-34(14-5-1)47-51-48(35-15-6-2-7-16-35)53-49(52-47)38-27-28-42-41-21-10-11-22-43(41)50(44(42)31-38,39-19-8-3-9-20-39)40-29-36-25-23-32-17-12-18-33-24-26-37(30-40)46(36)45(32)33/h1-31H. The number of nitrogens with zero attached hydrogens (tertiary/aromatic N) is 3. The lowest BCUT2D eigenvalue weighted by Crippen LogP contribution is -2.28. The molecule has 1 unspecified atom stereocenters. The number of rotatable bonds is 5. The fourth-order valence-electron chi connectivity index (χ4n) is 8.80. The van der Waals surface area contributed by atoms with Gasteiger partial charge in [0.15, 0.2) is 17.5 Å². The number of aromatic nitrogens is 3. The van der Waals surface area contributed by atoms with Crippen LogP contribution in [0.3, 0.4) is 0 Å². The smallest absolute Gasteiger partial charge is 0.164 e. The molecular formula is C50H31N3. The topological polar surface area (TPSA) is 38.7 Å². The molecule has 1 aliphatic rings. The van der Waals surface area contributed by atoms with Gasteiger partial charge < -0.3 is 0 Å². The highest BCUT2D eigenvalue weighted by atomic mass is 15.0. The molecule has 10 aromatic rings. The zero-order valence-corrected chi connectivity index (χ0v) is 28.7. The first-order chi connectivity index (χ1) is 26.3. The van der Waals surface area contributed by atoms with E-state index in [1.54, 1.807) is 0 Å². The fraction of sp³-hybridized carbons (Fsp3) is 0.0200. The van der Waals surface area contributed by atoms with E-state index in [-0.39, 0.29) is 0 Å². The van der Waals surface area contributed by atoms with Crippen LogP contribution in [0.1, 0.15) is 22.3 Å². The maximum atomic E-state index is 5.14. The minimum absolute atomic E-state index is 0.592. The normalized spacial score (nSPS) is 14.9. The van der Waals surface area contributed by atoms with Crippen LogP contribution in [0.4, 0.5) is 0 Å². The molecule has 53 heavy (non-hydrogen) atoms. The first-order valence-electron chi connectivity index (χ1n) is 18.1. The molecule has 0 fully saturated rings. The molecule has 3 nitrogen and oxygen atoms in total. The van der Waals surface area contributed by atoms with Crippen LogP contribution in [0.15, 0.2) is 188 Å². The van der Waals surface area contributed by atoms with Crippen molar-refractivity contribution in [1.29, 1.82) is 0 Å². The lowest BCUT2D eigenvalue weighted by atomic mass is 9.67. The van der Waals surface area contributed by atoms with Gasteiger partial charge in [0, 0.05) is 16.7 Å². The Morgan fingerprint density at radius 1 is 0.302 bits per heavy atom. The van der Waals surface area contributed by atoms with E-state index in [2.05, 4.69) is 152 Å². The summed E-state index contributed by atoms with van der Waals surface area (Å²) in [6.45, 7) is 0. The summed E-state index contributed by atoms with van der Waals surface area (Å²) in [6.07, 6.45) is 0. The molecule has 0 spiro atoms. The largest absolute Gasteiger partial charge is 0.208 e. The predicted molar refractivity (Wildman–Crippen MR) is 217 cm³/mol. The molecule has 1 heterocycles. The summed E-state index contributed by atoms with van der Waals surface area (Å²) in [5.41, 5.74) is 9.69. The minimum Gasteiger partial charge on any atom is -0.208 e. The van der Waals surface area contributed by atoms with Crippen molar-refractivity contribution in [2.24, 2.45) is 0 Å². The van der Waals surface area contributed by atoms with Gasteiger partial charge in [0.2, 0.25) is 0 Å². The first-order valence-corrected chi connectivity index (χ1v) is 18.1. The molecule has 1 aliphatic carbocycles. The maximum Gasteiger partial charge on any atom is 0.164 e. The van der Waals surface area contributed by atoms with Crippen molar-refractivity contribution in [3.05, 3.63) is 210 Å². The van der Waals surface area contributed by atoms with Gasteiger partial charge in [-0.15, -0.1) is 0 Å². The van der Waals surface area contributed by atoms with E-state index in [9.17, 15) is 0 Å². The monoisotopic (exact) mass is 673 g/mol. The second kappa shape index (κ2) is 11.5. The Hall–Kier alpha value is -6.97. The van der Waals surface area contributed by atoms with E-state index in [0.717, 1.165) is 16.7 Å². The van der Waals surface area contributed by atoms with Crippen molar-refractivity contribution < 1.29 is 0 Å². The van der Waals surface area contributed by atoms with Crippen LogP contribution >= 0.6 is 0 Å². The van der Waals surface area contributed by atoms with Gasteiger partial charge in [-0.1, -0.05) is 170 Å². The average Bonchev–Trinajstić information content (AvgIpc) is 3.54. The van der Waals surface area contributed by atoms with Gasteiger partial charge in [-0.2, -0.15) is 0 Å². The number of benzene rings is 9. The third-order valence-electron chi connectivity index (χ3n) is 11.1. The number of hydrogen-bond acceptors (Lipinski definition) is 3. The van der Waals surface area contributed by atoms with Gasteiger partial charge in [0.05, 0.1) is 5.41 Å². The molecule has 9 aromatic carbocycles. The molecule has 0 saturated carbocycles. The molecule has 0 saturated heterocycles. The Labute approximate surface area is 307 Å². The van der Waals surface area contributed by atoms with Gasteiger partial charge in [0.1, 0.15) is 0 Å². The molecule has 0 amide bonds. The lowest BCUT2D eigenvalue weighted by Gasteiger charge is -2.34. The molecule has 0 radical (unpaired) electrons. The molecular weight excluding hydrogens is 643 g/mol. The van der Waals surface area contributed by atoms with Crippen LogP contribution in [0, 0.1) is 0 Å². The zero-order valence-electron chi connectivity index (χ0n) is 28.7. The Bertz CT molecular complexity index is 2870. The number of fused-ring (bicyclic) bond motifs is 3. The predicted octanol–water partition coefficient (Wildman–Crippen LogP) is 12.1. The number of hydrogen-bond donors (Lipinski definition) is 0. The maximum absolute atomic E-state index is 5.14. The quantitative estimate of drug-likeness (QED) is 0.171. The van der Waals surface area contributed by atoms with E-state index in [4.69, 9.17) is 15.0 Å². The second-order valence-corrected chi connectivity index (χ2v) is 14.0. The second-order valence-electron chi connectivity index (χ2n) is 14.0. The third kappa shape index (κ3) is 4.44. The van der Waals surface area contributed by atoms with Crippen LogP contribution in [-0.2, 0) is 5.41 Å². The van der Waals surface area contributed by atoms with Crippen molar-refractivity contribution in [3.8, 4) is 45.3 Å². The van der Waals surface area contributed by atoms with Crippen molar-refractivity contribution in [3.63, 3.8) is 0 Å². The Morgan fingerprint density at radius 3 is 1.42 bits per heavy atom. The SMILES string of the molecule is c1ccc(-c2nc(-c3ccccc3)nc(-c3ccc4c(c3)C(c3ccccc3)(c3cc5ccc6cccc7ccc(c3)c5c67)c3ccccc3-4)n2)cc1. The molecule has 3 heteroatoms. The lowest BCUT2D eigenvalue weighted by molar-refractivity contribution is 0.771. The van der Waals surface area contributed by atoms with Gasteiger partial charge in [-0.25, -0.2) is 15.0 Å². The van der Waals surface area contributed by atoms with Gasteiger partial charge in [0.25, 0.3) is 0 Å².